The van der Waals surface area contributed by atoms with Crippen LogP contribution in [-0.4, -0.2) is 28.7 Å². The van der Waals surface area contributed by atoms with Crippen molar-refractivity contribution in [2.24, 2.45) is 14.1 Å². The lowest BCUT2D eigenvalue weighted by molar-refractivity contribution is 0.429. The molecule has 0 fully saturated rings. The van der Waals surface area contributed by atoms with E-state index in [2.05, 4.69) is 15.1 Å². The predicted octanol–water partition coefficient (Wildman–Crippen LogP) is 2.74. The first-order valence-corrected chi connectivity index (χ1v) is 8.64. The van der Waals surface area contributed by atoms with Gasteiger partial charge in [0.2, 0.25) is 5.88 Å². The number of imidazole rings is 1. The number of nitrogens with zero attached hydrogens (tertiary/aromatic N) is 6. The van der Waals surface area contributed by atoms with Crippen LogP contribution in [0.15, 0.2) is 47.9 Å². The van der Waals surface area contributed by atoms with E-state index in [1.807, 2.05) is 39.2 Å². The van der Waals surface area contributed by atoms with E-state index in [0.29, 0.717) is 17.1 Å². The van der Waals surface area contributed by atoms with Crippen molar-refractivity contribution >= 4 is 5.52 Å². The van der Waals surface area contributed by atoms with E-state index in [1.54, 1.807) is 40.9 Å². The quantitative estimate of drug-likeness (QED) is 0.556. The fourth-order valence-electron chi connectivity index (χ4n) is 2.95. The van der Waals surface area contributed by atoms with Crippen LogP contribution >= 0.6 is 0 Å². The van der Waals surface area contributed by atoms with E-state index >= 15 is 0 Å². The smallest absolute Gasteiger partial charge is 0.279 e. The van der Waals surface area contributed by atoms with Crippen LogP contribution in [0, 0.1) is 0 Å². The molecule has 4 aromatic rings. The number of fused-ring (bicyclic) bond motifs is 1. The number of hydrogen-bond acceptors (Lipinski definition) is 5. The van der Waals surface area contributed by atoms with Gasteiger partial charge in [0, 0.05) is 31.8 Å². The standard InChI is InChI=1S/C19H20N6O2/c1-12(2)18-21-9-16-19(26)24(4)17(11-25(16)18)27-14-5-6-15(20-8-14)13-7-22-23(3)10-13/h5-12H,1-4H3. The fourth-order valence-corrected chi connectivity index (χ4v) is 2.95. The predicted molar refractivity (Wildman–Crippen MR) is 101 cm³/mol. The van der Waals surface area contributed by atoms with Gasteiger partial charge in [-0.2, -0.15) is 5.10 Å². The summed E-state index contributed by atoms with van der Waals surface area (Å²) in [6, 6.07) is 3.68. The summed E-state index contributed by atoms with van der Waals surface area (Å²) in [5, 5.41) is 4.15. The SMILES string of the molecule is CC(C)c1ncc2c(=O)n(C)c(Oc3ccc(-c4cnn(C)c4)nc3)cn12. The Labute approximate surface area is 155 Å². The zero-order valence-electron chi connectivity index (χ0n) is 15.6. The van der Waals surface area contributed by atoms with Crippen molar-refractivity contribution in [3.05, 3.63) is 59.3 Å². The first-order chi connectivity index (χ1) is 12.9. The van der Waals surface area contributed by atoms with E-state index in [-0.39, 0.29) is 11.5 Å². The molecule has 0 aromatic carbocycles. The van der Waals surface area contributed by atoms with E-state index in [9.17, 15) is 4.79 Å². The van der Waals surface area contributed by atoms with Gasteiger partial charge in [-0.15, -0.1) is 0 Å². The number of aryl methyl sites for hydroxylation is 1. The molecule has 0 spiro atoms. The number of pyridine rings is 1. The average molecular weight is 364 g/mol. The van der Waals surface area contributed by atoms with Crippen molar-refractivity contribution in [1.82, 2.24) is 28.7 Å². The highest BCUT2D eigenvalue weighted by Gasteiger charge is 2.14. The summed E-state index contributed by atoms with van der Waals surface area (Å²) >= 11 is 0. The largest absolute Gasteiger partial charge is 0.438 e. The molecule has 0 atom stereocenters. The Kier molecular flexibility index (Phi) is 4.02. The van der Waals surface area contributed by atoms with Gasteiger partial charge in [0.15, 0.2) is 0 Å². The van der Waals surface area contributed by atoms with Crippen molar-refractivity contribution < 1.29 is 4.74 Å². The van der Waals surface area contributed by atoms with Gasteiger partial charge in [-0.25, -0.2) is 4.98 Å². The molecule has 4 heterocycles. The lowest BCUT2D eigenvalue weighted by atomic mass is 10.2. The minimum Gasteiger partial charge on any atom is -0.438 e. The molecule has 0 bridgehead atoms. The molecule has 8 nitrogen and oxygen atoms in total. The molecule has 0 unspecified atom stereocenters. The van der Waals surface area contributed by atoms with Gasteiger partial charge >= 0.3 is 0 Å². The minimum atomic E-state index is -0.160. The minimum absolute atomic E-state index is 0.160. The third-order valence-corrected chi connectivity index (χ3v) is 4.40. The summed E-state index contributed by atoms with van der Waals surface area (Å²) in [6.07, 6.45) is 8.67. The number of rotatable bonds is 4. The highest BCUT2D eigenvalue weighted by molar-refractivity contribution is 5.57. The molecule has 0 aliphatic heterocycles. The molecule has 0 amide bonds. The van der Waals surface area contributed by atoms with Gasteiger partial charge in [0.1, 0.15) is 17.1 Å². The van der Waals surface area contributed by atoms with Crippen LogP contribution in [0.25, 0.3) is 16.8 Å². The molecule has 138 valence electrons. The number of ether oxygens (including phenoxy) is 1. The van der Waals surface area contributed by atoms with Crippen LogP contribution in [0.1, 0.15) is 25.6 Å². The summed E-state index contributed by atoms with van der Waals surface area (Å²) in [7, 11) is 3.54. The second-order valence-corrected chi connectivity index (χ2v) is 6.74. The summed E-state index contributed by atoms with van der Waals surface area (Å²) < 4.78 is 10.9. The van der Waals surface area contributed by atoms with Crippen molar-refractivity contribution in [3.8, 4) is 22.9 Å². The monoisotopic (exact) mass is 364 g/mol. The molecule has 0 saturated carbocycles. The Balaban J connectivity index is 1.69. The van der Waals surface area contributed by atoms with Gasteiger partial charge in [0.05, 0.1) is 30.5 Å². The molecule has 4 rings (SSSR count). The topological polar surface area (TPSA) is 79.2 Å². The zero-order chi connectivity index (χ0) is 19.1. The van der Waals surface area contributed by atoms with Gasteiger partial charge in [-0.05, 0) is 12.1 Å². The van der Waals surface area contributed by atoms with Gasteiger partial charge in [-0.1, -0.05) is 13.8 Å². The number of hydrogen-bond donors (Lipinski definition) is 0. The molecular weight excluding hydrogens is 344 g/mol. The Morgan fingerprint density at radius 2 is 1.85 bits per heavy atom. The van der Waals surface area contributed by atoms with E-state index in [4.69, 9.17) is 4.74 Å². The Morgan fingerprint density at radius 1 is 1.04 bits per heavy atom. The Morgan fingerprint density at radius 3 is 2.48 bits per heavy atom. The van der Waals surface area contributed by atoms with E-state index in [1.165, 1.54) is 4.57 Å². The van der Waals surface area contributed by atoms with Crippen LogP contribution in [-0.2, 0) is 14.1 Å². The maximum absolute atomic E-state index is 12.6. The number of aromatic nitrogens is 6. The van der Waals surface area contributed by atoms with Crippen molar-refractivity contribution in [3.63, 3.8) is 0 Å². The molecule has 0 radical (unpaired) electrons. The van der Waals surface area contributed by atoms with Crippen LogP contribution in [0.2, 0.25) is 0 Å². The highest BCUT2D eigenvalue weighted by Crippen LogP contribution is 2.24. The van der Waals surface area contributed by atoms with Gasteiger partial charge < -0.3 is 4.74 Å². The van der Waals surface area contributed by atoms with Crippen LogP contribution in [0.3, 0.4) is 0 Å². The second-order valence-electron chi connectivity index (χ2n) is 6.74. The lowest BCUT2D eigenvalue weighted by Crippen LogP contribution is -2.20. The maximum atomic E-state index is 12.6. The first-order valence-electron chi connectivity index (χ1n) is 8.64. The zero-order valence-corrected chi connectivity index (χ0v) is 15.6. The molecule has 0 aliphatic carbocycles. The molecule has 8 heteroatoms. The molecule has 0 N–H and O–H groups in total. The van der Waals surface area contributed by atoms with Crippen molar-refractivity contribution in [2.45, 2.75) is 19.8 Å². The highest BCUT2D eigenvalue weighted by atomic mass is 16.5. The van der Waals surface area contributed by atoms with Crippen molar-refractivity contribution in [1.29, 1.82) is 0 Å². The first kappa shape index (κ1) is 17.0. The summed E-state index contributed by atoms with van der Waals surface area (Å²) in [4.78, 5) is 21.4. The normalized spacial score (nSPS) is 11.4. The van der Waals surface area contributed by atoms with Gasteiger partial charge in [0.25, 0.3) is 5.56 Å². The fraction of sp³-hybridized carbons (Fsp3) is 0.263. The molecule has 0 saturated heterocycles. The molecule has 4 aromatic heterocycles. The van der Waals surface area contributed by atoms with Crippen LogP contribution in [0.4, 0.5) is 0 Å². The maximum Gasteiger partial charge on any atom is 0.279 e. The lowest BCUT2D eigenvalue weighted by Gasteiger charge is -2.12. The molecule has 27 heavy (non-hydrogen) atoms. The third kappa shape index (κ3) is 2.99. The van der Waals surface area contributed by atoms with Gasteiger partial charge in [-0.3, -0.25) is 23.4 Å². The third-order valence-electron chi connectivity index (χ3n) is 4.40. The summed E-state index contributed by atoms with van der Waals surface area (Å²) in [5.41, 5.74) is 2.10. The summed E-state index contributed by atoms with van der Waals surface area (Å²) in [5.74, 6) is 1.97. The van der Waals surface area contributed by atoms with Crippen LogP contribution < -0.4 is 10.3 Å². The molecular formula is C19H20N6O2. The van der Waals surface area contributed by atoms with E-state index < -0.39 is 0 Å². The van der Waals surface area contributed by atoms with Crippen molar-refractivity contribution in [2.75, 3.05) is 0 Å². The summed E-state index contributed by atoms with van der Waals surface area (Å²) in [6.45, 7) is 4.07. The Hall–Kier alpha value is -3.42. The van der Waals surface area contributed by atoms with Crippen LogP contribution in [0.5, 0.6) is 11.6 Å². The molecule has 0 aliphatic rings. The Bertz CT molecular complexity index is 1170. The average Bonchev–Trinajstić information content (AvgIpc) is 3.26. The second kappa shape index (κ2) is 6.39. The van der Waals surface area contributed by atoms with E-state index in [0.717, 1.165) is 17.1 Å².